The Morgan fingerprint density at radius 2 is 2.04 bits per heavy atom. The molecule has 6 heteroatoms. The van der Waals surface area contributed by atoms with Crippen LogP contribution in [-0.2, 0) is 11.3 Å². The van der Waals surface area contributed by atoms with E-state index in [-0.39, 0.29) is 18.0 Å². The first-order chi connectivity index (χ1) is 11.6. The molecule has 0 aromatic heterocycles. The highest BCUT2D eigenvalue weighted by Crippen LogP contribution is 2.16. The number of piperidine rings is 1. The zero-order valence-corrected chi connectivity index (χ0v) is 14.4. The van der Waals surface area contributed by atoms with E-state index < -0.39 is 0 Å². The Morgan fingerprint density at radius 3 is 2.75 bits per heavy atom. The molecule has 1 aliphatic heterocycles. The van der Waals surface area contributed by atoms with E-state index in [1.165, 1.54) is 0 Å². The third kappa shape index (κ3) is 5.23. The molecule has 0 spiro atoms. The molecule has 6 nitrogen and oxygen atoms in total. The number of benzene rings is 1. The number of urea groups is 1. The van der Waals surface area contributed by atoms with E-state index in [2.05, 4.69) is 5.32 Å². The number of hydrogen-bond donors (Lipinski definition) is 2. The molecule has 1 unspecified atom stereocenters. The van der Waals surface area contributed by atoms with Crippen LogP contribution in [0.1, 0.15) is 31.2 Å². The summed E-state index contributed by atoms with van der Waals surface area (Å²) in [6.45, 7) is 2.19. The van der Waals surface area contributed by atoms with Crippen molar-refractivity contribution in [3.63, 3.8) is 0 Å². The summed E-state index contributed by atoms with van der Waals surface area (Å²) in [6, 6.07) is 9.80. The second-order valence-corrected chi connectivity index (χ2v) is 6.30. The van der Waals surface area contributed by atoms with Crippen molar-refractivity contribution in [2.24, 2.45) is 5.73 Å². The Morgan fingerprint density at radius 1 is 1.29 bits per heavy atom. The fourth-order valence-corrected chi connectivity index (χ4v) is 3.06. The van der Waals surface area contributed by atoms with Crippen LogP contribution in [0.2, 0.25) is 0 Å². The van der Waals surface area contributed by atoms with Gasteiger partial charge >= 0.3 is 6.03 Å². The molecule has 0 bridgehead atoms. The highest BCUT2D eigenvalue weighted by Gasteiger charge is 2.25. The summed E-state index contributed by atoms with van der Waals surface area (Å²) in [5.74, 6) is 0.0798. The lowest BCUT2D eigenvalue weighted by molar-refractivity contribution is -0.134. The number of carbonyl (C=O) groups is 2. The van der Waals surface area contributed by atoms with Crippen LogP contribution in [0.3, 0.4) is 0 Å². The number of rotatable bonds is 6. The molecule has 1 fully saturated rings. The molecular formula is C18H28N4O2. The molecule has 132 valence electrons. The summed E-state index contributed by atoms with van der Waals surface area (Å²) < 4.78 is 0. The molecule has 2 rings (SSSR count). The maximum Gasteiger partial charge on any atom is 0.317 e. The lowest BCUT2D eigenvalue weighted by atomic mass is 10.0. The van der Waals surface area contributed by atoms with E-state index in [0.29, 0.717) is 26.1 Å². The van der Waals surface area contributed by atoms with Crippen LogP contribution in [0.4, 0.5) is 4.79 Å². The predicted octanol–water partition coefficient (Wildman–Crippen LogP) is 1.56. The third-order valence-electron chi connectivity index (χ3n) is 4.44. The van der Waals surface area contributed by atoms with Crippen molar-refractivity contribution >= 4 is 11.9 Å². The Hall–Kier alpha value is -2.08. The van der Waals surface area contributed by atoms with Gasteiger partial charge in [-0.05, 0) is 24.8 Å². The minimum absolute atomic E-state index is 0.0798. The average molecular weight is 332 g/mol. The second kappa shape index (κ2) is 9.27. The number of nitrogens with one attached hydrogen (secondary N) is 1. The fourth-order valence-electron chi connectivity index (χ4n) is 3.06. The van der Waals surface area contributed by atoms with Crippen molar-refractivity contribution in [3.05, 3.63) is 35.9 Å². The van der Waals surface area contributed by atoms with Crippen LogP contribution < -0.4 is 11.1 Å². The van der Waals surface area contributed by atoms with Gasteiger partial charge in [0.05, 0.1) is 0 Å². The first kappa shape index (κ1) is 18.3. The average Bonchev–Trinajstić information content (AvgIpc) is 2.62. The Kier molecular flexibility index (Phi) is 7.06. The van der Waals surface area contributed by atoms with Crippen LogP contribution in [0, 0.1) is 0 Å². The number of nitrogens with two attached hydrogens (primary N) is 1. The quantitative estimate of drug-likeness (QED) is 0.830. The number of likely N-dealkylation sites (tertiary alicyclic amines) is 1. The summed E-state index contributed by atoms with van der Waals surface area (Å²) >= 11 is 0. The molecule has 1 atom stereocenters. The minimum Gasteiger partial charge on any atom is -0.338 e. The van der Waals surface area contributed by atoms with Crippen LogP contribution in [0.5, 0.6) is 0 Å². The molecular weight excluding hydrogens is 304 g/mol. The van der Waals surface area contributed by atoms with Gasteiger partial charge in [0.1, 0.15) is 0 Å². The van der Waals surface area contributed by atoms with Gasteiger partial charge in [-0.3, -0.25) is 4.79 Å². The smallest absolute Gasteiger partial charge is 0.317 e. The topological polar surface area (TPSA) is 78.7 Å². The van der Waals surface area contributed by atoms with Crippen LogP contribution in [0.25, 0.3) is 0 Å². The number of nitrogens with zero attached hydrogens (tertiary/aromatic N) is 2. The second-order valence-electron chi connectivity index (χ2n) is 6.30. The predicted molar refractivity (Wildman–Crippen MR) is 94.3 cm³/mol. The molecule has 1 aliphatic rings. The molecule has 1 saturated heterocycles. The zero-order chi connectivity index (χ0) is 17.4. The van der Waals surface area contributed by atoms with Crippen molar-refractivity contribution < 1.29 is 9.59 Å². The van der Waals surface area contributed by atoms with E-state index in [4.69, 9.17) is 5.73 Å². The highest BCUT2D eigenvalue weighted by molar-refractivity contribution is 5.78. The standard InChI is InChI=1S/C18H28N4O2/c1-21(14-15-7-3-2-4-8-15)18(24)20-11-10-17(23)22-12-6-5-9-16(22)13-19/h2-4,7-8,16H,5-6,9-14,19H2,1H3,(H,20,24). The van der Waals surface area contributed by atoms with Gasteiger partial charge in [-0.15, -0.1) is 0 Å². The molecule has 1 aromatic carbocycles. The Balaban J connectivity index is 1.72. The lowest BCUT2D eigenvalue weighted by Crippen LogP contribution is -2.48. The van der Waals surface area contributed by atoms with Gasteiger partial charge < -0.3 is 20.9 Å². The van der Waals surface area contributed by atoms with E-state index >= 15 is 0 Å². The Labute approximate surface area is 144 Å². The van der Waals surface area contributed by atoms with Gasteiger partial charge in [-0.2, -0.15) is 0 Å². The van der Waals surface area contributed by atoms with Gasteiger partial charge in [0.15, 0.2) is 0 Å². The summed E-state index contributed by atoms with van der Waals surface area (Å²) in [5.41, 5.74) is 6.83. The molecule has 1 heterocycles. The first-order valence-corrected chi connectivity index (χ1v) is 8.64. The normalized spacial score (nSPS) is 17.4. The largest absolute Gasteiger partial charge is 0.338 e. The van der Waals surface area contributed by atoms with E-state index in [0.717, 1.165) is 31.4 Å². The Bertz CT molecular complexity index is 535. The van der Waals surface area contributed by atoms with Crippen molar-refractivity contribution in [1.29, 1.82) is 0 Å². The van der Waals surface area contributed by atoms with Crippen molar-refractivity contribution in [3.8, 4) is 0 Å². The van der Waals surface area contributed by atoms with Crippen molar-refractivity contribution in [2.45, 2.75) is 38.3 Å². The van der Waals surface area contributed by atoms with Crippen LogP contribution in [-0.4, -0.2) is 54.5 Å². The first-order valence-electron chi connectivity index (χ1n) is 8.64. The molecule has 3 amide bonds. The molecule has 0 radical (unpaired) electrons. The fraction of sp³-hybridized carbons (Fsp3) is 0.556. The molecule has 3 N–H and O–H groups in total. The number of amides is 3. The molecule has 24 heavy (non-hydrogen) atoms. The molecule has 0 aliphatic carbocycles. The monoisotopic (exact) mass is 332 g/mol. The zero-order valence-electron chi connectivity index (χ0n) is 14.4. The van der Waals surface area contributed by atoms with Crippen molar-refractivity contribution in [1.82, 2.24) is 15.1 Å². The maximum absolute atomic E-state index is 12.3. The van der Waals surface area contributed by atoms with Gasteiger partial charge in [0.25, 0.3) is 0 Å². The SMILES string of the molecule is CN(Cc1ccccc1)C(=O)NCCC(=O)N1CCCCC1CN. The van der Waals surface area contributed by atoms with Gasteiger partial charge in [-0.25, -0.2) is 4.79 Å². The van der Waals surface area contributed by atoms with Gasteiger partial charge in [0.2, 0.25) is 5.91 Å². The van der Waals surface area contributed by atoms with E-state index in [9.17, 15) is 9.59 Å². The summed E-state index contributed by atoms with van der Waals surface area (Å²) in [5, 5.41) is 2.81. The molecule has 0 saturated carbocycles. The summed E-state index contributed by atoms with van der Waals surface area (Å²) in [7, 11) is 1.75. The number of hydrogen-bond acceptors (Lipinski definition) is 3. The van der Waals surface area contributed by atoms with Gasteiger partial charge in [-0.1, -0.05) is 30.3 Å². The number of carbonyl (C=O) groups excluding carboxylic acids is 2. The van der Waals surface area contributed by atoms with Gasteiger partial charge in [0, 0.05) is 45.7 Å². The lowest BCUT2D eigenvalue weighted by Gasteiger charge is -2.35. The van der Waals surface area contributed by atoms with Crippen molar-refractivity contribution in [2.75, 3.05) is 26.7 Å². The third-order valence-corrected chi connectivity index (χ3v) is 4.44. The highest BCUT2D eigenvalue weighted by atomic mass is 16.2. The molecule has 1 aromatic rings. The van der Waals surface area contributed by atoms with Crippen LogP contribution >= 0.6 is 0 Å². The summed E-state index contributed by atoms with van der Waals surface area (Å²) in [4.78, 5) is 27.9. The maximum atomic E-state index is 12.3. The van der Waals surface area contributed by atoms with Crippen LogP contribution in [0.15, 0.2) is 30.3 Å². The minimum atomic E-state index is -0.166. The van der Waals surface area contributed by atoms with E-state index in [1.807, 2.05) is 35.2 Å². The summed E-state index contributed by atoms with van der Waals surface area (Å²) in [6.07, 6.45) is 3.47. The van der Waals surface area contributed by atoms with E-state index in [1.54, 1.807) is 11.9 Å².